The zero-order chi connectivity index (χ0) is 19.6. The van der Waals surface area contributed by atoms with Crippen LogP contribution in [0.15, 0.2) is 64.3 Å². The first-order valence-corrected chi connectivity index (χ1v) is 9.39. The van der Waals surface area contributed by atoms with Crippen LogP contribution in [-0.4, -0.2) is 35.9 Å². The fourth-order valence-electron chi connectivity index (χ4n) is 2.79. The molecule has 0 fully saturated rings. The van der Waals surface area contributed by atoms with Gasteiger partial charge in [0.1, 0.15) is 11.5 Å². The molecule has 1 aromatic carbocycles. The van der Waals surface area contributed by atoms with Gasteiger partial charge in [0.2, 0.25) is 0 Å². The predicted molar refractivity (Wildman–Crippen MR) is 125 cm³/mol. The van der Waals surface area contributed by atoms with E-state index in [4.69, 9.17) is 14.1 Å². The molecule has 3 rings (SSSR count). The SMILES string of the molecule is COc1ccc(CN=C(NCCc2ccco2)NCCc2ccnn2C)cc1.I. The number of aromatic nitrogens is 2. The van der Waals surface area contributed by atoms with Gasteiger partial charge < -0.3 is 19.8 Å². The van der Waals surface area contributed by atoms with Crippen LogP contribution in [0.25, 0.3) is 0 Å². The smallest absolute Gasteiger partial charge is 0.191 e. The Kier molecular flexibility index (Phi) is 9.55. The molecule has 3 aromatic rings. The van der Waals surface area contributed by atoms with Crippen molar-refractivity contribution in [1.29, 1.82) is 0 Å². The Bertz CT molecular complexity index is 860. The quantitative estimate of drug-likeness (QED) is 0.263. The molecule has 0 spiro atoms. The molecule has 0 aliphatic carbocycles. The lowest BCUT2D eigenvalue weighted by atomic mass is 10.2. The second kappa shape index (κ2) is 12.2. The molecule has 2 N–H and O–H groups in total. The summed E-state index contributed by atoms with van der Waals surface area (Å²) in [6.07, 6.45) is 5.19. The summed E-state index contributed by atoms with van der Waals surface area (Å²) >= 11 is 0. The largest absolute Gasteiger partial charge is 0.497 e. The summed E-state index contributed by atoms with van der Waals surface area (Å²) in [6, 6.07) is 13.9. The van der Waals surface area contributed by atoms with E-state index in [9.17, 15) is 0 Å². The standard InChI is InChI=1S/C21H27N5O2.HI/c1-26-18(10-14-25-26)9-12-22-21(23-13-11-20-4-3-15-28-20)24-16-17-5-7-19(27-2)8-6-17;/h3-8,10,14-15H,9,11-13,16H2,1-2H3,(H2,22,23,24);1H. The van der Waals surface area contributed by atoms with E-state index in [1.807, 2.05) is 60.4 Å². The fourth-order valence-corrected chi connectivity index (χ4v) is 2.79. The van der Waals surface area contributed by atoms with Gasteiger partial charge in [0.25, 0.3) is 0 Å². The summed E-state index contributed by atoms with van der Waals surface area (Å²) in [5.74, 6) is 2.58. The average molecular weight is 509 g/mol. The van der Waals surface area contributed by atoms with E-state index in [0.29, 0.717) is 6.54 Å². The van der Waals surface area contributed by atoms with Crippen LogP contribution in [0.2, 0.25) is 0 Å². The van der Waals surface area contributed by atoms with Crippen molar-refractivity contribution in [2.45, 2.75) is 19.4 Å². The minimum atomic E-state index is 0. The number of rotatable bonds is 9. The summed E-state index contributed by atoms with van der Waals surface area (Å²) in [5.41, 5.74) is 2.30. The number of aliphatic imine (C=N–C) groups is 1. The van der Waals surface area contributed by atoms with Crippen molar-refractivity contribution in [3.8, 4) is 5.75 Å². The predicted octanol–water partition coefficient (Wildman–Crippen LogP) is 3.16. The topological polar surface area (TPSA) is 76.6 Å². The van der Waals surface area contributed by atoms with Gasteiger partial charge in [0.05, 0.1) is 19.9 Å². The molecule has 29 heavy (non-hydrogen) atoms. The molecule has 0 saturated carbocycles. The van der Waals surface area contributed by atoms with E-state index in [1.165, 1.54) is 5.69 Å². The lowest BCUT2D eigenvalue weighted by Crippen LogP contribution is -2.39. The molecule has 0 aliphatic heterocycles. The number of benzene rings is 1. The van der Waals surface area contributed by atoms with Crippen molar-refractivity contribution < 1.29 is 9.15 Å². The molecule has 0 atom stereocenters. The van der Waals surface area contributed by atoms with E-state index >= 15 is 0 Å². The highest BCUT2D eigenvalue weighted by atomic mass is 127. The molecule has 156 valence electrons. The van der Waals surface area contributed by atoms with Crippen molar-refractivity contribution in [2.24, 2.45) is 12.0 Å². The van der Waals surface area contributed by atoms with Gasteiger partial charge >= 0.3 is 0 Å². The third-order valence-corrected chi connectivity index (χ3v) is 4.42. The number of hydrogen-bond donors (Lipinski definition) is 2. The van der Waals surface area contributed by atoms with E-state index in [-0.39, 0.29) is 24.0 Å². The molecule has 0 saturated heterocycles. The number of furan rings is 1. The minimum Gasteiger partial charge on any atom is -0.497 e. The maximum Gasteiger partial charge on any atom is 0.191 e. The van der Waals surface area contributed by atoms with E-state index in [1.54, 1.807) is 13.4 Å². The number of nitrogens with zero attached hydrogens (tertiary/aromatic N) is 3. The van der Waals surface area contributed by atoms with Crippen LogP contribution in [-0.2, 0) is 26.4 Å². The van der Waals surface area contributed by atoms with Crippen molar-refractivity contribution in [3.05, 3.63) is 71.9 Å². The van der Waals surface area contributed by atoms with Crippen LogP contribution < -0.4 is 15.4 Å². The number of ether oxygens (including phenoxy) is 1. The lowest BCUT2D eigenvalue weighted by Gasteiger charge is -2.12. The molecular weight excluding hydrogens is 481 g/mol. The highest BCUT2D eigenvalue weighted by Crippen LogP contribution is 2.11. The number of methoxy groups -OCH3 is 1. The first-order chi connectivity index (χ1) is 13.7. The number of aryl methyl sites for hydroxylation is 1. The van der Waals surface area contributed by atoms with Crippen molar-refractivity contribution in [3.63, 3.8) is 0 Å². The summed E-state index contributed by atoms with van der Waals surface area (Å²) < 4.78 is 12.5. The van der Waals surface area contributed by atoms with Crippen molar-refractivity contribution >= 4 is 29.9 Å². The van der Waals surface area contributed by atoms with E-state index in [2.05, 4.69) is 15.7 Å². The van der Waals surface area contributed by atoms with Crippen LogP contribution in [0, 0.1) is 0 Å². The molecule has 0 aliphatic rings. The molecule has 0 radical (unpaired) electrons. The van der Waals surface area contributed by atoms with Gasteiger partial charge in [-0.05, 0) is 35.9 Å². The molecule has 0 unspecified atom stereocenters. The maximum atomic E-state index is 5.39. The van der Waals surface area contributed by atoms with E-state index in [0.717, 1.165) is 49.0 Å². The maximum absolute atomic E-state index is 5.39. The number of nitrogens with one attached hydrogen (secondary N) is 2. The minimum absolute atomic E-state index is 0. The van der Waals surface area contributed by atoms with Gasteiger partial charge in [-0.1, -0.05) is 12.1 Å². The Hall–Kier alpha value is -2.49. The van der Waals surface area contributed by atoms with Gasteiger partial charge in [0, 0.05) is 44.9 Å². The second-order valence-corrected chi connectivity index (χ2v) is 6.39. The highest BCUT2D eigenvalue weighted by Gasteiger charge is 2.03. The summed E-state index contributed by atoms with van der Waals surface area (Å²) in [7, 11) is 3.62. The molecule has 8 heteroatoms. The van der Waals surface area contributed by atoms with Gasteiger partial charge in [0.15, 0.2) is 5.96 Å². The molecule has 2 heterocycles. The van der Waals surface area contributed by atoms with Crippen molar-refractivity contribution in [2.75, 3.05) is 20.2 Å². The normalized spacial score (nSPS) is 11.0. The summed E-state index contributed by atoms with van der Waals surface area (Å²) in [6.45, 7) is 2.11. The first kappa shape index (κ1) is 22.8. The van der Waals surface area contributed by atoms with Gasteiger partial charge in [-0.2, -0.15) is 5.10 Å². The first-order valence-electron chi connectivity index (χ1n) is 9.39. The van der Waals surface area contributed by atoms with Crippen LogP contribution in [0.1, 0.15) is 17.0 Å². The van der Waals surface area contributed by atoms with Gasteiger partial charge in [-0.25, -0.2) is 4.99 Å². The highest BCUT2D eigenvalue weighted by molar-refractivity contribution is 14.0. The monoisotopic (exact) mass is 509 g/mol. The van der Waals surface area contributed by atoms with Crippen LogP contribution in [0.4, 0.5) is 0 Å². The Balaban J connectivity index is 0.00000300. The van der Waals surface area contributed by atoms with Crippen LogP contribution in [0.3, 0.4) is 0 Å². The molecular formula is C21H28IN5O2. The molecule has 0 amide bonds. The Morgan fingerprint density at radius 2 is 1.86 bits per heavy atom. The molecule has 7 nitrogen and oxygen atoms in total. The third kappa shape index (κ3) is 7.45. The van der Waals surface area contributed by atoms with Gasteiger partial charge in [-0.3, -0.25) is 4.68 Å². The zero-order valence-electron chi connectivity index (χ0n) is 16.8. The molecule has 0 bridgehead atoms. The molecule has 2 aromatic heterocycles. The number of halogens is 1. The van der Waals surface area contributed by atoms with Crippen LogP contribution in [0.5, 0.6) is 5.75 Å². The number of hydrogen-bond acceptors (Lipinski definition) is 4. The zero-order valence-corrected chi connectivity index (χ0v) is 19.1. The Morgan fingerprint density at radius 3 is 2.48 bits per heavy atom. The Labute approximate surface area is 188 Å². The van der Waals surface area contributed by atoms with E-state index < -0.39 is 0 Å². The van der Waals surface area contributed by atoms with Crippen LogP contribution >= 0.6 is 24.0 Å². The summed E-state index contributed by atoms with van der Waals surface area (Å²) in [5, 5.41) is 11.0. The Morgan fingerprint density at radius 1 is 1.10 bits per heavy atom. The summed E-state index contributed by atoms with van der Waals surface area (Å²) in [4.78, 5) is 4.71. The fraction of sp³-hybridized carbons (Fsp3) is 0.333. The third-order valence-electron chi connectivity index (χ3n) is 4.42. The average Bonchev–Trinajstić information content (AvgIpc) is 3.38. The second-order valence-electron chi connectivity index (χ2n) is 6.39. The number of guanidine groups is 1. The lowest BCUT2D eigenvalue weighted by molar-refractivity contribution is 0.414. The van der Waals surface area contributed by atoms with Gasteiger partial charge in [-0.15, -0.1) is 24.0 Å². The van der Waals surface area contributed by atoms with Crippen molar-refractivity contribution in [1.82, 2.24) is 20.4 Å².